The van der Waals surface area contributed by atoms with Gasteiger partial charge in [-0.15, -0.1) is 0 Å². The van der Waals surface area contributed by atoms with E-state index < -0.39 is 23.2 Å². The molecular formula is C28H26ClN5O3. The number of aromatic nitrogens is 3. The molecule has 37 heavy (non-hydrogen) atoms. The zero-order chi connectivity index (χ0) is 26.6. The van der Waals surface area contributed by atoms with Crippen molar-refractivity contribution in [3.05, 3.63) is 84.1 Å². The molecule has 4 aromatic rings. The normalized spacial score (nSPS) is 12.0. The van der Waals surface area contributed by atoms with Crippen LogP contribution < -0.4 is 15.8 Å². The van der Waals surface area contributed by atoms with Crippen molar-refractivity contribution in [2.45, 2.75) is 26.9 Å². The Kier molecular flexibility index (Phi) is 7.50. The Morgan fingerprint density at radius 3 is 2.00 bits per heavy atom. The van der Waals surface area contributed by atoms with Gasteiger partial charge in [-0.3, -0.25) is 19.6 Å². The van der Waals surface area contributed by atoms with Gasteiger partial charge in [0.1, 0.15) is 5.75 Å². The molecule has 1 unspecified atom stereocenters. The van der Waals surface area contributed by atoms with E-state index in [1.165, 1.54) is 6.07 Å². The third kappa shape index (κ3) is 6.29. The molecule has 0 spiro atoms. The second-order valence-corrected chi connectivity index (χ2v) is 9.75. The van der Waals surface area contributed by atoms with E-state index in [9.17, 15) is 9.59 Å². The van der Waals surface area contributed by atoms with Gasteiger partial charge in [0.25, 0.3) is 5.91 Å². The average molecular weight is 516 g/mol. The van der Waals surface area contributed by atoms with E-state index in [-0.39, 0.29) is 16.5 Å². The molecule has 8 nitrogen and oxygen atoms in total. The number of nitrogen functional groups attached to an aromatic ring is 1. The number of rotatable bonds is 7. The standard InChI is InChI=1S/C28H26ClN5O3/c1-28(2,3)26(35)25(27(36)34-22-14-17(30)10-11-19(22)29)37-18-15-23(20-8-4-6-12-31-20)33-24(16-18)21-9-5-7-13-32-21/h4-16,25H,30H2,1-3H3,(H,34,36). The highest BCUT2D eigenvalue weighted by Gasteiger charge is 2.37. The van der Waals surface area contributed by atoms with Crippen LogP contribution >= 0.6 is 11.6 Å². The Hall–Kier alpha value is -4.30. The van der Waals surface area contributed by atoms with E-state index in [0.717, 1.165) is 0 Å². The van der Waals surface area contributed by atoms with Crippen LogP contribution in [0.25, 0.3) is 22.8 Å². The molecular weight excluding hydrogens is 490 g/mol. The molecule has 0 saturated heterocycles. The number of pyridine rings is 3. The average Bonchev–Trinajstić information content (AvgIpc) is 2.89. The number of hydrogen-bond donors (Lipinski definition) is 2. The number of halogens is 1. The number of nitrogens with zero attached hydrogens (tertiary/aromatic N) is 3. The summed E-state index contributed by atoms with van der Waals surface area (Å²) in [6.07, 6.45) is 1.83. The molecule has 0 saturated carbocycles. The third-order valence-electron chi connectivity index (χ3n) is 5.37. The molecule has 9 heteroatoms. The summed E-state index contributed by atoms with van der Waals surface area (Å²) in [5, 5.41) is 2.96. The Bertz CT molecular complexity index is 1370. The molecule has 0 aliphatic heterocycles. The molecule has 0 fully saturated rings. The Labute approximate surface area is 219 Å². The Morgan fingerprint density at radius 1 is 0.892 bits per heavy atom. The monoisotopic (exact) mass is 515 g/mol. The fourth-order valence-corrected chi connectivity index (χ4v) is 3.62. The number of ketones is 1. The van der Waals surface area contributed by atoms with Crippen molar-refractivity contribution < 1.29 is 14.3 Å². The van der Waals surface area contributed by atoms with Crippen LogP contribution in [0.4, 0.5) is 11.4 Å². The molecule has 3 N–H and O–H groups in total. The number of benzene rings is 1. The summed E-state index contributed by atoms with van der Waals surface area (Å²) < 4.78 is 6.10. The molecule has 4 rings (SSSR count). The molecule has 188 valence electrons. The van der Waals surface area contributed by atoms with Crippen molar-refractivity contribution in [3.63, 3.8) is 0 Å². The van der Waals surface area contributed by atoms with Gasteiger partial charge >= 0.3 is 0 Å². The maximum absolute atomic E-state index is 13.4. The first-order chi connectivity index (χ1) is 17.6. The van der Waals surface area contributed by atoms with Gasteiger partial charge in [0.15, 0.2) is 5.78 Å². The number of nitrogens with two attached hydrogens (primary N) is 1. The minimum absolute atomic E-state index is 0.257. The second kappa shape index (κ2) is 10.8. The van der Waals surface area contributed by atoms with E-state index in [0.29, 0.717) is 28.5 Å². The highest BCUT2D eigenvalue weighted by atomic mass is 35.5. The lowest BCUT2D eigenvalue weighted by Crippen LogP contribution is -2.45. The first-order valence-corrected chi connectivity index (χ1v) is 11.9. The van der Waals surface area contributed by atoms with Gasteiger partial charge in [-0.2, -0.15) is 0 Å². The minimum Gasteiger partial charge on any atom is -0.472 e. The highest BCUT2D eigenvalue weighted by molar-refractivity contribution is 6.34. The van der Waals surface area contributed by atoms with Gasteiger partial charge in [-0.05, 0) is 42.5 Å². The van der Waals surface area contributed by atoms with Crippen LogP contribution in [-0.2, 0) is 9.59 Å². The summed E-state index contributed by atoms with van der Waals surface area (Å²) in [7, 11) is 0. The molecule has 1 aromatic carbocycles. The fraction of sp³-hybridized carbons (Fsp3) is 0.179. The molecule has 3 aromatic heterocycles. The fourth-order valence-electron chi connectivity index (χ4n) is 3.46. The van der Waals surface area contributed by atoms with Gasteiger partial charge in [0.2, 0.25) is 6.10 Å². The first-order valence-electron chi connectivity index (χ1n) is 11.5. The lowest BCUT2D eigenvalue weighted by atomic mass is 9.87. The third-order valence-corrected chi connectivity index (χ3v) is 5.70. The number of nitrogens with one attached hydrogen (secondary N) is 1. The molecule has 0 radical (unpaired) electrons. The summed E-state index contributed by atoms with van der Waals surface area (Å²) in [6, 6.07) is 18.9. The maximum atomic E-state index is 13.4. The predicted molar refractivity (Wildman–Crippen MR) is 144 cm³/mol. The number of carbonyl (C=O) groups is 2. The zero-order valence-electron chi connectivity index (χ0n) is 20.6. The van der Waals surface area contributed by atoms with Gasteiger partial charge in [-0.25, -0.2) is 4.98 Å². The summed E-state index contributed by atoms with van der Waals surface area (Å²) >= 11 is 6.23. The van der Waals surface area contributed by atoms with E-state index in [2.05, 4.69) is 20.3 Å². The second-order valence-electron chi connectivity index (χ2n) is 9.34. The predicted octanol–water partition coefficient (Wildman–Crippen LogP) is 5.44. The summed E-state index contributed by atoms with van der Waals surface area (Å²) in [4.78, 5) is 40.2. The minimum atomic E-state index is -1.48. The number of ether oxygens (including phenoxy) is 1. The van der Waals surface area contributed by atoms with E-state index in [1.54, 1.807) is 81.7 Å². The van der Waals surface area contributed by atoms with E-state index in [1.807, 2.05) is 12.1 Å². The number of anilines is 2. The van der Waals surface area contributed by atoms with Gasteiger partial charge in [0.05, 0.1) is 33.5 Å². The van der Waals surface area contributed by atoms with Gasteiger partial charge in [0, 0.05) is 35.6 Å². The topological polar surface area (TPSA) is 120 Å². The van der Waals surface area contributed by atoms with Crippen LogP contribution in [0.5, 0.6) is 5.75 Å². The van der Waals surface area contributed by atoms with Crippen molar-refractivity contribution >= 4 is 34.7 Å². The van der Waals surface area contributed by atoms with E-state index in [4.69, 9.17) is 22.1 Å². The first kappa shape index (κ1) is 25.8. The van der Waals surface area contributed by atoms with Crippen molar-refractivity contribution in [1.82, 2.24) is 15.0 Å². The zero-order valence-corrected chi connectivity index (χ0v) is 21.4. The van der Waals surface area contributed by atoms with Gasteiger partial charge in [-0.1, -0.05) is 44.5 Å². The highest BCUT2D eigenvalue weighted by Crippen LogP contribution is 2.30. The van der Waals surface area contributed by atoms with Crippen LogP contribution in [0.15, 0.2) is 79.1 Å². The van der Waals surface area contributed by atoms with Crippen LogP contribution in [-0.4, -0.2) is 32.7 Å². The lowest BCUT2D eigenvalue weighted by molar-refractivity contribution is -0.140. The number of hydrogen-bond acceptors (Lipinski definition) is 7. The van der Waals surface area contributed by atoms with Crippen LogP contribution in [0, 0.1) is 5.41 Å². The quantitative estimate of drug-likeness (QED) is 0.248. The molecule has 0 aliphatic rings. The van der Waals surface area contributed by atoms with Crippen LogP contribution in [0.1, 0.15) is 20.8 Å². The molecule has 0 aliphatic carbocycles. The van der Waals surface area contributed by atoms with Gasteiger partial charge < -0.3 is 15.8 Å². The summed E-state index contributed by atoms with van der Waals surface area (Å²) in [5.41, 5.74) is 7.86. The van der Waals surface area contributed by atoms with Crippen molar-refractivity contribution in [2.24, 2.45) is 5.41 Å². The Morgan fingerprint density at radius 2 is 1.49 bits per heavy atom. The van der Waals surface area contributed by atoms with Crippen LogP contribution in [0.2, 0.25) is 5.02 Å². The number of carbonyl (C=O) groups excluding carboxylic acids is 2. The van der Waals surface area contributed by atoms with Crippen LogP contribution in [0.3, 0.4) is 0 Å². The summed E-state index contributed by atoms with van der Waals surface area (Å²) in [6.45, 7) is 5.16. The SMILES string of the molecule is CC(C)(C)C(=O)C(Oc1cc(-c2ccccn2)nc(-c2ccccn2)c1)C(=O)Nc1cc(N)ccc1Cl. The lowest BCUT2D eigenvalue weighted by Gasteiger charge is -2.25. The van der Waals surface area contributed by atoms with Crippen molar-refractivity contribution in [3.8, 4) is 28.5 Å². The smallest absolute Gasteiger partial charge is 0.273 e. The van der Waals surface area contributed by atoms with E-state index >= 15 is 0 Å². The molecule has 3 heterocycles. The largest absolute Gasteiger partial charge is 0.472 e. The Balaban J connectivity index is 1.76. The number of amides is 1. The summed E-state index contributed by atoms with van der Waals surface area (Å²) in [5.74, 6) is -0.837. The maximum Gasteiger partial charge on any atom is 0.273 e. The number of Topliss-reactive ketones (excluding diaryl/α,β-unsaturated/α-hetero) is 1. The molecule has 1 amide bonds. The molecule has 0 bridgehead atoms. The van der Waals surface area contributed by atoms with Crippen molar-refractivity contribution in [1.29, 1.82) is 0 Å². The molecule has 1 atom stereocenters. The van der Waals surface area contributed by atoms with Crippen molar-refractivity contribution in [2.75, 3.05) is 11.1 Å².